The number of aryl methyl sites for hydroxylation is 2. The van der Waals surface area contributed by atoms with Gasteiger partial charge in [-0.25, -0.2) is 9.79 Å². The molecule has 1 N–H and O–H groups in total. The fraction of sp³-hybridized carbons (Fsp3) is 0.300. The number of rotatable bonds is 7. The second-order valence-electron chi connectivity index (χ2n) is 6.51. The molecule has 0 radical (unpaired) electrons. The molecule has 2 aromatic rings. The third-order valence-electron chi connectivity index (χ3n) is 4.14. The Balaban J connectivity index is 1.52. The Hall–Kier alpha value is -3.42. The van der Waals surface area contributed by atoms with Gasteiger partial charge < -0.3 is 14.5 Å². The molecule has 1 unspecified atom stereocenters. The topological polar surface area (TPSA) is 101 Å². The molecule has 1 aliphatic rings. The van der Waals surface area contributed by atoms with Gasteiger partial charge in [-0.05, 0) is 49.2 Å². The molecule has 1 aliphatic heterocycles. The zero-order chi connectivity index (χ0) is 20.1. The van der Waals surface area contributed by atoms with Crippen LogP contribution >= 0.6 is 0 Å². The van der Waals surface area contributed by atoms with Gasteiger partial charge in [0, 0.05) is 6.21 Å². The molecular weight excluding hydrogens is 362 g/mol. The lowest BCUT2D eigenvalue weighted by molar-refractivity contribution is -0.137. The number of nitrogens with one attached hydrogen (secondary N) is 1. The van der Waals surface area contributed by atoms with Gasteiger partial charge in [0.25, 0.3) is 0 Å². The Kier molecular flexibility index (Phi) is 5.88. The van der Waals surface area contributed by atoms with Crippen LogP contribution in [-0.2, 0) is 16.1 Å². The second kappa shape index (κ2) is 8.51. The Morgan fingerprint density at radius 1 is 1.25 bits per heavy atom. The molecule has 4 amide bonds. The molecule has 0 bridgehead atoms. The molecule has 1 aromatic carbocycles. The minimum atomic E-state index is -1.16. The van der Waals surface area contributed by atoms with E-state index in [1.54, 1.807) is 12.1 Å². The monoisotopic (exact) mass is 383 g/mol. The summed E-state index contributed by atoms with van der Waals surface area (Å²) in [4.78, 5) is 41.3. The van der Waals surface area contributed by atoms with E-state index in [1.807, 2.05) is 32.0 Å². The van der Waals surface area contributed by atoms with Gasteiger partial charge in [0.05, 0.1) is 19.4 Å². The maximum Gasteiger partial charge on any atom is 0.350 e. The summed E-state index contributed by atoms with van der Waals surface area (Å²) < 4.78 is 10.8. The van der Waals surface area contributed by atoms with Gasteiger partial charge in [-0.3, -0.25) is 14.5 Å². The van der Waals surface area contributed by atoms with Crippen LogP contribution in [0.1, 0.15) is 16.9 Å². The van der Waals surface area contributed by atoms with Crippen molar-refractivity contribution >= 4 is 24.1 Å². The van der Waals surface area contributed by atoms with E-state index in [-0.39, 0.29) is 19.7 Å². The Morgan fingerprint density at radius 2 is 2.00 bits per heavy atom. The zero-order valence-electron chi connectivity index (χ0n) is 15.7. The van der Waals surface area contributed by atoms with Crippen molar-refractivity contribution in [3.8, 4) is 5.75 Å². The minimum absolute atomic E-state index is 0.0679. The zero-order valence-corrected chi connectivity index (χ0v) is 15.7. The first kappa shape index (κ1) is 19.3. The highest BCUT2D eigenvalue weighted by Crippen LogP contribution is 2.16. The second-order valence-corrected chi connectivity index (χ2v) is 6.51. The quantitative estimate of drug-likeness (QED) is 0.584. The number of urea groups is 1. The molecule has 1 atom stereocenters. The van der Waals surface area contributed by atoms with Crippen LogP contribution in [-0.4, -0.2) is 42.1 Å². The number of nitrogens with zero attached hydrogens (tertiary/aromatic N) is 2. The van der Waals surface area contributed by atoms with E-state index < -0.39 is 23.8 Å². The van der Waals surface area contributed by atoms with Crippen molar-refractivity contribution in [2.24, 2.45) is 10.9 Å². The summed E-state index contributed by atoms with van der Waals surface area (Å²) in [6, 6.07) is 8.42. The van der Waals surface area contributed by atoms with Crippen LogP contribution < -0.4 is 10.1 Å². The van der Waals surface area contributed by atoms with Crippen molar-refractivity contribution in [1.29, 1.82) is 0 Å². The highest BCUT2D eigenvalue weighted by Gasteiger charge is 2.36. The van der Waals surface area contributed by atoms with Crippen LogP contribution in [0.2, 0.25) is 0 Å². The highest BCUT2D eigenvalue weighted by atomic mass is 16.5. The fourth-order valence-electron chi connectivity index (χ4n) is 2.89. The molecule has 0 spiro atoms. The maximum atomic E-state index is 12.5. The number of ether oxygens (including phenoxy) is 1. The standard InChI is InChI=1S/C20H21N3O5/c1-13-8-14(2)10-16(9-13)28-7-5-21-18(24)17-11-22-20(26)23(19(17)25)12-15-4-3-6-27-15/h3-4,6,8-11,17H,5,7,12H2,1-2H3,(H,21,24). The van der Waals surface area contributed by atoms with E-state index >= 15 is 0 Å². The molecule has 8 nitrogen and oxygen atoms in total. The molecule has 0 saturated carbocycles. The SMILES string of the molecule is Cc1cc(C)cc(OCCNC(=O)C2C=NC(=O)N(Cc3ccco3)C2=O)c1. The molecule has 0 fully saturated rings. The summed E-state index contributed by atoms with van der Waals surface area (Å²) in [5.41, 5.74) is 2.17. The third-order valence-corrected chi connectivity index (χ3v) is 4.14. The van der Waals surface area contributed by atoms with Gasteiger partial charge in [0.2, 0.25) is 11.8 Å². The Bertz CT molecular complexity index is 884. The van der Waals surface area contributed by atoms with Crippen molar-refractivity contribution in [3.05, 3.63) is 53.5 Å². The van der Waals surface area contributed by atoms with Crippen LogP contribution in [0.15, 0.2) is 46.0 Å². The predicted molar refractivity (Wildman–Crippen MR) is 101 cm³/mol. The van der Waals surface area contributed by atoms with Crippen molar-refractivity contribution < 1.29 is 23.5 Å². The molecule has 1 aromatic heterocycles. The van der Waals surface area contributed by atoms with E-state index in [0.717, 1.165) is 28.0 Å². The van der Waals surface area contributed by atoms with E-state index in [1.165, 1.54) is 6.26 Å². The summed E-state index contributed by atoms with van der Waals surface area (Å²) in [5.74, 6) is -1.18. The van der Waals surface area contributed by atoms with Crippen LogP contribution in [0.4, 0.5) is 4.79 Å². The number of carbonyl (C=O) groups is 3. The summed E-state index contributed by atoms with van der Waals surface area (Å²) >= 11 is 0. The van der Waals surface area contributed by atoms with Crippen LogP contribution in [0.3, 0.4) is 0 Å². The van der Waals surface area contributed by atoms with Crippen molar-refractivity contribution in [2.45, 2.75) is 20.4 Å². The summed E-state index contributed by atoms with van der Waals surface area (Å²) in [6.45, 7) is 4.36. The van der Waals surface area contributed by atoms with E-state index in [9.17, 15) is 14.4 Å². The van der Waals surface area contributed by atoms with Gasteiger partial charge in [-0.15, -0.1) is 0 Å². The first-order valence-electron chi connectivity index (χ1n) is 8.85. The highest BCUT2D eigenvalue weighted by molar-refractivity contribution is 6.20. The molecule has 28 heavy (non-hydrogen) atoms. The Labute approximate surface area is 162 Å². The molecule has 0 saturated heterocycles. The average molecular weight is 383 g/mol. The first-order valence-corrected chi connectivity index (χ1v) is 8.85. The van der Waals surface area contributed by atoms with Gasteiger partial charge in [0.15, 0.2) is 5.92 Å². The summed E-state index contributed by atoms with van der Waals surface area (Å²) in [6.07, 6.45) is 2.51. The van der Waals surface area contributed by atoms with Crippen molar-refractivity contribution in [3.63, 3.8) is 0 Å². The molecule has 146 valence electrons. The molecular formula is C20H21N3O5. The van der Waals surface area contributed by atoms with Gasteiger partial charge in [0.1, 0.15) is 18.1 Å². The van der Waals surface area contributed by atoms with Crippen LogP contribution in [0, 0.1) is 19.8 Å². The minimum Gasteiger partial charge on any atom is -0.492 e. The smallest absolute Gasteiger partial charge is 0.350 e. The van der Waals surface area contributed by atoms with Gasteiger partial charge in [-0.1, -0.05) is 6.07 Å². The number of benzene rings is 1. The van der Waals surface area contributed by atoms with Crippen molar-refractivity contribution in [1.82, 2.24) is 10.2 Å². The van der Waals surface area contributed by atoms with Crippen LogP contribution in [0.25, 0.3) is 0 Å². The lowest BCUT2D eigenvalue weighted by Crippen LogP contribution is -2.49. The predicted octanol–water partition coefficient (Wildman–Crippen LogP) is 2.24. The first-order chi connectivity index (χ1) is 13.4. The Morgan fingerprint density at radius 3 is 2.68 bits per heavy atom. The lowest BCUT2D eigenvalue weighted by atomic mass is 10.1. The molecule has 3 rings (SSSR count). The average Bonchev–Trinajstić information content (AvgIpc) is 3.14. The van der Waals surface area contributed by atoms with Crippen molar-refractivity contribution in [2.75, 3.05) is 13.2 Å². The molecule has 8 heteroatoms. The number of carbonyl (C=O) groups excluding carboxylic acids is 3. The molecule has 2 heterocycles. The number of furan rings is 1. The van der Waals surface area contributed by atoms with E-state index in [2.05, 4.69) is 10.3 Å². The van der Waals surface area contributed by atoms with E-state index in [0.29, 0.717) is 5.76 Å². The lowest BCUT2D eigenvalue weighted by Gasteiger charge is -2.24. The normalized spacial score (nSPS) is 16.4. The molecule has 0 aliphatic carbocycles. The third kappa shape index (κ3) is 4.64. The van der Waals surface area contributed by atoms with E-state index in [4.69, 9.17) is 9.15 Å². The fourth-order valence-corrected chi connectivity index (χ4v) is 2.89. The number of hydrogen-bond donors (Lipinski definition) is 1. The number of aliphatic imine (C=N–C) groups is 1. The van der Waals surface area contributed by atoms with Crippen LogP contribution in [0.5, 0.6) is 5.75 Å². The maximum absolute atomic E-state index is 12.5. The summed E-state index contributed by atoms with van der Waals surface area (Å²) in [5, 5.41) is 2.64. The number of imide groups is 1. The number of amides is 4. The van der Waals surface area contributed by atoms with Gasteiger partial charge >= 0.3 is 6.03 Å². The summed E-state index contributed by atoms with van der Waals surface area (Å²) in [7, 11) is 0. The largest absolute Gasteiger partial charge is 0.492 e. The number of hydrogen-bond acceptors (Lipinski definition) is 5. The van der Waals surface area contributed by atoms with Gasteiger partial charge in [-0.2, -0.15) is 0 Å².